The Labute approximate surface area is 205 Å². The van der Waals surface area contributed by atoms with Crippen molar-refractivity contribution < 1.29 is 9.47 Å². The second-order valence-electron chi connectivity index (χ2n) is 8.72. The van der Waals surface area contributed by atoms with Crippen LogP contribution in [0.3, 0.4) is 0 Å². The Hall–Kier alpha value is -2.62. The van der Waals surface area contributed by atoms with Crippen LogP contribution in [0, 0.1) is 0 Å². The zero-order valence-corrected chi connectivity index (χ0v) is 22.2. The molecule has 0 aliphatic rings. The molecule has 0 amide bonds. The Bertz CT molecular complexity index is 903. The van der Waals surface area contributed by atoms with E-state index in [1.807, 2.05) is 62.4 Å². The summed E-state index contributed by atoms with van der Waals surface area (Å²) < 4.78 is 10.8. The van der Waals surface area contributed by atoms with Crippen molar-refractivity contribution in [1.29, 1.82) is 0 Å². The second-order valence-corrected chi connectivity index (χ2v) is 14.6. The third kappa shape index (κ3) is 11.2. The summed E-state index contributed by atoms with van der Waals surface area (Å²) in [6.07, 6.45) is 1.30. The maximum absolute atomic E-state index is 5.40. The van der Waals surface area contributed by atoms with Crippen molar-refractivity contribution in [1.82, 2.24) is 0 Å². The van der Waals surface area contributed by atoms with Crippen molar-refractivity contribution in [3.63, 3.8) is 0 Å². The summed E-state index contributed by atoms with van der Waals surface area (Å²) in [5, 5.41) is 6.80. The molecule has 0 aromatic heterocycles. The predicted molar refractivity (Wildman–Crippen MR) is 151 cm³/mol. The molecule has 0 heterocycles. The van der Waals surface area contributed by atoms with Gasteiger partial charge in [0.05, 0.1) is 13.2 Å². The van der Waals surface area contributed by atoms with Crippen molar-refractivity contribution >= 4 is 36.0 Å². The summed E-state index contributed by atoms with van der Waals surface area (Å²) in [6, 6.07) is 26.1. The molecule has 0 aliphatic carbocycles. The quantitative estimate of drug-likeness (QED) is 0.263. The van der Waals surface area contributed by atoms with Gasteiger partial charge in [0.15, 0.2) is 5.11 Å². The van der Waals surface area contributed by atoms with Crippen LogP contribution >= 0.6 is 19.5 Å². The van der Waals surface area contributed by atoms with E-state index < -0.39 is 7.26 Å². The maximum atomic E-state index is 5.40. The van der Waals surface area contributed by atoms with Gasteiger partial charge in [-0.2, -0.15) is 0 Å². The van der Waals surface area contributed by atoms with Crippen molar-refractivity contribution in [3.05, 3.63) is 84.4 Å². The molecule has 178 valence electrons. The predicted octanol–water partition coefficient (Wildman–Crippen LogP) is 7.12. The average molecular weight is 485 g/mol. The summed E-state index contributed by atoms with van der Waals surface area (Å²) in [6.45, 7) is 12.4. The van der Waals surface area contributed by atoms with E-state index in [1.165, 1.54) is 11.7 Å². The summed E-state index contributed by atoms with van der Waals surface area (Å²) >= 11 is 5.30. The van der Waals surface area contributed by atoms with Crippen LogP contribution in [-0.4, -0.2) is 38.3 Å². The van der Waals surface area contributed by atoms with Crippen LogP contribution in [0.2, 0.25) is 0 Å². The van der Waals surface area contributed by atoms with Gasteiger partial charge in [-0.25, -0.2) is 0 Å². The first kappa shape index (κ1) is 26.6. The van der Waals surface area contributed by atoms with Gasteiger partial charge in [0.2, 0.25) is 0 Å². The molecule has 0 aliphatic heterocycles. The monoisotopic (exact) mass is 484 g/mol. The number of rotatable bonds is 8. The molecular formula is C27H37N2O2PS. The molecule has 0 bridgehead atoms. The summed E-state index contributed by atoms with van der Waals surface area (Å²) in [7, 11) is -0.898. The molecule has 0 saturated carbocycles. The van der Waals surface area contributed by atoms with Crippen molar-refractivity contribution in [2.45, 2.75) is 20.0 Å². The van der Waals surface area contributed by atoms with E-state index in [0.29, 0.717) is 18.3 Å². The van der Waals surface area contributed by atoms with E-state index in [9.17, 15) is 0 Å². The van der Waals surface area contributed by atoms with Gasteiger partial charge in [0.25, 0.3) is 0 Å². The molecule has 4 nitrogen and oxygen atoms in total. The van der Waals surface area contributed by atoms with Crippen LogP contribution in [0.1, 0.15) is 19.4 Å². The fourth-order valence-electron chi connectivity index (χ4n) is 3.10. The molecule has 6 heteroatoms. The topological polar surface area (TPSA) is 42.5 Å². The molecular weight excluding hydrogens is 447 g/mol. The Kier molecular flexibility index (Phi) is 11.2. The summed E-state index contributed by atoms with van der Waals surface area (Å²) in [5.41, 5.74) is 3.31. The standard InChI is InChI=1S/C17H20N2O2S.C10H17P/c1-3-20-15-9-5-13(6-10-15)18-17(22)19-14-7-11-16(12-8-14)21-4-2;1-11(2,3)9-10-7-5-4-6-8-10/h5-12H,3-4H2,1-2H3,(H2,18,19,22);4-8,11H,9H2,1-3H3. The van der Waals surface area contributed by atoms with Gasteiger partial charge >= 0.3 is 69.3 Å². The van der Waals surface area contributed by atoms with Crippen LogP contribution in [0.25, 0.3) is 0 Å². The fourth-order valence-corrected chi connectivity index (χ4v) is 4.80. The first-order valence-electron chi connectivity index (χ1n) is 11.4. The normalized spacial score (nSPS) is 10.9. The summed E-state index contributed by atoms with van der Waals surface area (Å²) in [5.74, 6) is 1.69. The molecule has 0 saturated heterocycles. The number of benzene rings is 3. The zero-order valence-electron chi connectivity index (χ0n) is 20.4. The Morgan fingerprint density at radius 2 is 1.12 bits per heavy atom. The third-order valence-electron chi connectivity index (χ3n) is 4.42. The minimum absolute atomic E-state index is 0.535. The number of ether oxygens (including phenoxy) is 2. The van der Waals surface area contributed by atoms with E-state index in [-0.39, 0.29) is 0 Å². The van der Waals surface area contributed by atoms with Crippen molar-refractivity contribution in [3.8, 4) is 11.5 Å². The van der Waals surface area contributed by atoms with Crippen molar-refractivity contribution in [2.75, 3.05) is 43.8 Å². The van der Waals surface area contributed by atoms with Gasteiger partial charge in [0.1, 0.15) is 11.5 Å². The Morgan fingerprint density at radius 1 is 0.697 bits per heavy atom. The van der Waals surface area contributed by atoms with Crippen LogP contribution in [0.15, 0.2) is 78.9 Å². The molecule has 33 heavy (non-hydrogen) atoms. The first-order chi connectivity index (χ1) is 15.8. The number of thiocarbonyl (C=S) groups is 1. The molecule has 0 fully saturated rings. The third-order valence-corrected chi connectivity index (χ3v) is 6.10. The molecule has 3 aromatic carbocycles. The van der Waals surface area contributed by atoms with E-state index in [2.05, 4.69) is 61.0 Å². The fraction of sp³-hybridized carbons (Fsp3) is 0.296. The van der Waals surface area contributed by atoms with Gasteiger partial charge < -0.3 is 20.1 Å². The van der Waals surface area contributed by atoms with Gasteiger partial charge in [0, 0.05) is 11.4 Å². The van der Waals surface area contributed by atoms with Gasteiger partial charge in [-0.1, -0.05) is 0 Å². The molecule has 3 rings (SSSR count). The van der Waals surface area contributed by atoms with Gasteiger partial charge in [-0.05, 0) is 74.6 Å². The van der Waals surface area contributed by atoms with Crippen molar-refractivity contribution in [2.24, 2.45) is 0 Å². The van der Waals surface area contributed by atoms with E-state index >= 15 is 0 Å². The SMILES string of the molecule is CCOc1ccc(NC(=S)Nc2ccc(OCC)cc2)cc1.C[PH](C)(C)Cc1ccccc1. The zero-order chi connectivity index (χ0) is 24.1. The molecule has 0 unspecified atom stereocenters. The molecule has 0 atom stereocenters. The number of hydrogen-bond acceptors (Lipinski definition) is 3. The van der Waals surface area contributed by atoms with Crippen LogP contribution < -0.4 is 20.1 Å². The Balaban J connectivity index is 0.000000294. The first-order valence-corrected chi connectivity index (χ1v) is 15.5. The molecule has 3 aromatic rings. The number of hydrogen-bond donors (Lipinski definition) is 2. The molecule has 0 radical (unpaired) electrons. The molecule has 2 N–H and O–H groups in total. The van der Waals surface area contributed by atoms with Crippen LogP contribution in [0.5, 0.6) is 11.5 Å². The number of nitrogens with one attached hydrogen (secondary N) is 2. The number of anilines is 2. The van der Waals surface area contributed by atoms with Crippen LogP contribution in [-0.2, 0) is 6.16 Å². The second kappa shape index (κ2) is 13.8. The Morgan fingerprint density at radius 3 is 1.48 bits per heavy atom. The van der Waals surface area contributed by atoms with E-state index in [4.69, 9.17) is 21.7 Å². The van der Waals surface area contributed by atoms with Gasteiger partial charge in [-0.15, -0.1) is 0 Å². The van der Waals surface area contributed by atoms with E-state index in [1.54, 1.807) is 0 Å². The molecule has 0 spiro atoms. The van der Waals surface area contributed by atoms with Gasteiger partial charge in [-0.3, -0.25) is 0 Å². The summed E-state index contributed by atoms with van der Waals surface area (Å²) in [4.78, 5) is 0. The minimum atomic E-state index is -0.898. The average Bonchev–Trinajstić information content (AvgIpc) is 2.77. The van der Waals surface area contributed by atoms with E-state index in [0.717, 1.165) is 22.9 Å². The van der Waals surface area contributed by atoms with Crippen LogP contribution in [0.4, 0.5) is 11.4 Å².